The number of carboxylic acid groups (broad SMARTS) is 1. The molecule has 2 aromatic carbocycles. The number of rotatable bonds is 2. The molecular weight excluding hydrogens is 406 g/mol. The number of aromatic hydroxyl groups is 1. The van der Waals surface area contributed by atoms with Gasteiger partial charge in [-0.05, 0) is 49.2 Å². The minimum atomic E-state index is -1.11. The maximum absolute atomic E-state index is 14.3. The van der Waals surface area contributed by atoms with Crippen LogP contribution in [0.3, 0.4) is 0 Å². The average molecular weight is 426 g/mol. The molecule has 0 unspecified atom stereocenters. The monoisotopic (exact) mass is 426 g/mol. The summed E-state index contributed by atoms with van der Waals surface area (Å²) in [7, 11) is 0. The third-order valence-electron chi connectivity index (χ3n) is 4.97. The fourth-order valence-electron chi connectivity index (χ4n) is 3.50. The third kappa shape index (κ3) is 3.63. The van der Waals surface area contributed by atoms with Crippen LogP contribution in [-0.4, -0.2) is 16.2 Å². The minimum Gasteiger partial charge on any atom is -0.505 e. The summed E-state index contributed by atoms with van der Waals surface area (Å²) in [5, 5.41) is 19.4. The summed E-state index contributed by atoms with van der Waals surface area (Å²) < 4.78 is 34.1. The van der Waals surface area contributed by atoms with Gasteiger partial charge in [0.05, 0.1) is 5.56 Å². The second-order valence-corrected chi connectivity index (χ2v) is 6.80. The summed E-state index contributed by atoms with van der Waals surface area (Å²) in [5.41, 5.74) is 1.13. The van der Waals surface area contributed by atoms with Crippen LogP contribution in [0, 0.1) is 25.5 Å². The molecule has 5 nitrogen and oxygen atoms in total. The zero-order valence-electron chi connectivity index (χ0n) is 17.3. The van der Waals surface area contributed by atoms with E-state index in [0.29, 0.717) is 16.7 Å². The van der Waals surface area contributed by atoms with Crippen LogP contribution in [0.15, 0.2) is 45.6 Å². The van der Waals surface area contributed by atoms with Gasteiger partial charge >= 0.3 is 5.97 Å². The third-order valence-corrected chi connectivity index (χ3v) is 4.97. The van der Waals surface area contributed by atoms with E-state index in [0.717, 1.165) is 18.2 Å². The van der Waals surface area contributed by atoms with Gasteiger partial charge in [-0.15, -0.1) is 0 Å². The van der Waals surface area contributed by atoms with Crippen molar-refractivity contribution in [3.05, 3.63) is 74.9 Å². The van der Waals surface area contributed by atoms with E-state index in [-0.39, 0.29) is 33.4 Å². The second kappa shape index (κ2) is 8.18. The number of aromatic carboxylic acids is 1. The number of hydrogen-bond donors (Lipinski definition) is 2. The molecule has 0 radical (unpaired) electrons. The van der Waals surface area contributed by atoms with Gasteiger partial charge in [-0.1, -0.05) is 19.9 Å². The summed E-state index contributed by atoms with van der Waals surface area (Å²) in [4.78, 5) is 23.1. The van der Waals surface area contributed by atoms with Crippen LogP contribution in [0.1, 0.15) is 35.3 Å². The molecule has 160 valence electrons. The van der Waals surface area contributed by atoms with Crippen molar-refractivity contribution in [2.75, 3.05) is 0 Å². The number of phenolic OH excluding ortho intramolecular Hbond substituents is 1. The van der Waals surface area contributed by atoms with Gasteiger partial charge in [-0.25, -0.2) is 13.6 Å². The van der Waals surface area contributed by atoms with Crippen molar-refractivity contribution in [2.24, 2.45) is 0 Å². The summed E-state index contributed by atoms with van der Waals surface area (Å²) >= 11 is 0. The Morgan fingerprint density at radius 1 is 0.968 bits per heavy atom. The predicted molar refractivity (Wildman–Crippen MR) is 114 cm³/mol. The fraction of sp³-hybridized carbons (Fsp3) is 0.167. The topological polar surface area (TPSA) is 87.7 Å². The van der Waals surface area contributed by atoms with E-state index in [2.05, 4.69) is 0 Å². The Bertz CT molecular complexity index is 1350. The Labute approximate surface area is 176 Å². The zero-order valence-corrected chi connectivity index (χ0v) is 17.3. The number of fused-ring (bicyclic) bond motifs is 2. The number of halogens is 2. The largest absolute Gasteiger partial charge is 0.505 e. The lowest BCUT2D eigenvalue weighted by Gasteiger charge is -2.18. The van der Waals surface area contributed by atoms with Crippen LogP contribution in [-0.2, 0) is 0 Å². The smallest absolute Gasteiger partial charge is 0.335 e. The van der Waals surface area contributed by atoms with Crippen LogP contribution < -0.4 is 5.43 Å². The lowest BCUT2D eigenvalue weighted by Crippen LogP contribution is -2.07. The molecule has 2 N–H and O–H groups in total. The second-order valence-electron chi connectivity index (χ2n) is 6.80. The van der Waals surface area contributed by atoms with E-state index < -0.39 is 28.8 Å². The first-order chi connectivity index (χ1) is 14.7. The number of hydrogen-bond acceptors (Lipinski definition) is 4. The molecule has 4 rings (SSSR count). The fourth-order valence-corrected chi connectivity index (χ4v) is 3.50. The van der Waals surface area contributed by atoms with E-state index in [9.17, 15) is 28.6 Å². The van der Waals surface area contributed by atoms with Gasteiger partial charge in [0.15, 0.2) is 17.4 Å². The molecule has 1 aliphatic heterocycles. The summed E-state index contributed by atoms with van der Waals surface area (Å²) in [6.45, 7) is 7.13. The molecule has 0 atom stereocenters. The van der Waals surface area contributed by atoms with Gasteiger partial charge in [-0.2, -0.15) is 0 Å². The maximum atomic E-state index is 14.3. The Morgan fingerprint density at radius 2 is 1.65 bits per heavy atom. The first kappa shape index (κ1) is 22.0. The Hall–Kier alpha value is -3.74. The predicted octanol–water partition coefficient (Wildman–Crippen LogP) is 5.89. The molecule has 1 heterocycles. The van der Waals surface area contributed by atoms with Crippen LogP contribution in [0.25, 0.3) is 33.4 Å². The Morgan fingerprint density at radius 3 is 2.26 bits per heavy atom. The molecule has 2 aromatic rings. The molecule has 31 heavy (non-hydrogen) atoms. The van der Waals surface area contributed by atoms with Gasteiger partial charge in [0.2, 0.25) is 5.43 Å². The van der Waals surface area contributed by atoms with Crippen molar-refractivity contribution < 1.29 is 28.2 Å². The molecule has 0 saturated carbocycles. The molecule has 0 fully saturated rings. The standard InChI is InChI=1S/C22H14F2O5.C2H6/c1-9-5-11(22(27)28)3-4-12(9)19-13-6-15(23)17(25)8-18(13)29-21-10(2)20(26)16(24)7-14(19)21;1-2/h3-8,26H,1-2H3,(H,27,28);1-2H3. The highest BCUT2D eigenvalue weighted by atomic mass is 19.1. The molecule has 0 bridgehead atoms. The Balaban J connectivity index is 0.00000132. The molecule has 0 saturated heterocycles. The van der Waals surface area contributed by atoms with Crippen molar-refractivity contribution in [3.63, 3.8) is 0 Å². The van der Waals surface area contributed by atoms with Gasteiger partial charge in [0.25, 0.3) is 0 Å². The van der Waals surface area contributed by atoms with Crippen molar-refractivity contribution in [2.45, 2.75) is 27.7 Å². The van der Waals surface area contributed by atoms with Gasteiger partial charge in [-0.3, -0.25) is 4.79 Å². The molecule has 0 amide bonds. The summed E-state index contributed by atoms with van der Waals surface area (Å²) in [5.74, 6) is -3.51. The number of carbonyl (C=O) groups is 1. The van der Waals surface area contributed by atoms with E-state index >= 15 is 0 Å². The first-order valence-corrected chi connectivity index (χ1v) is 9.61. The highest BCUT2D eigenvalue weighted by Gasteiger charge is 2.24. The zero-order chi connectivity index (χ0) is 23.0. The molecule has 0 spiro atoms. The van der Waals surface area contributed by atoms with Crippen LogP contribution in [0.2, 0.25) is 0 Å². The molecule has 2 aliphatic rings. The number of benzene rings is 3. The average Bonchev–Trinajstić information content (AvgIpc) is 2.74. The molecule has 1 aliphatic carbocycles. The van der Waals surface area contributed by atoms with E-state index in [1.807, 2.05) is 13.8 Å². The normalized spacial score (nSPS) is 10.8. The SMILES string of the molecule is CC.Cc1cc(C(=O)O)ccc1-c1c2cc(F)c(=O)cc-2oc2c(C)c(O)c(F)cc12. The van der Waals surface area contributed by atoms with Crippen molar-refractivity contribution in [1.29, 1.82) is 0 Å². The van der Waals surface area contributed by atoms with Gasteiger partial charge < -0.3 is 14.6 Å². The van der Waals surface area contributed by atoms with E-state index in [4.69, 9.17) is 4.42 Å². The molecule has 0 aromatic heterocycles. The van der Waals surface area contributed by atoms with E-state index in [1.54, 1.807) is 6.92 Å². The van der Waals surface area contributed by atoms with Crippen molar-refractivity contribution in [1.82, 2.24) is 0 Å². The van der Waals surface area contributed by atoms with Crippen LogP contribution >= 0.6 is 0 Å². The Kier molecular flexibility index (Phi) is 5.79. The number of aryl methyl sites for hydroxylation is 2. The van der Waals surface area contributed by atoms with Crippen molar-refractivity contribution >= 4 is 16.9 Å². The minimum absolute atomic E-state index is 0.0634. The quantitative estimate of drug-likeness (QED) is 0.390. The highest BCUT2D eigenvalue weighted by Crippen LogP contribution is 2.44. The van der Waals surface area contributed by atoms with Gasteiger partial charge in [0.1, 0.15) is 11.3 Å². The summed E-state index contributed by atoms with van der Waals surface area (Å²) in [6.07, 6.45) is 0. The number of phenols is 1. The molecular formula is C24H20F2O5. The maximum Gasteiger partial charge on any atom is 0.335 e. The van der Waals surface area contributed by atoms with Crippen LogP contribution in [0.4, 0.5) is 8.78 Å². The lowest BCUT2D eigenvalue weighted by atomic mass is 9.89. The van der Waals surface area contributed by atoms with E-state index in [1.165, 1.54) is 25.1 Å². The first-order valence-electron chi connectivity index (χ1n) is 9.61. The number of carboxylic acids is 1. The molecule has 7 heteroatoms. The van der Waals surface area contributed by atoms with Gasteiger partial charge in [0, 0.05) is 28.1 Å². The summed E-state index contributed by atoms with van der Waals surface area (Å²) in [6, 6.07) is 7.45. The van der Waals surface area contributed by atoms with Crippen molar-refractivity contribution in [3.8, 4) is 28.2 Å². The lowest BCUT2D eigenvalue weighted by molar-refractivity contribution is 0.0696. The highest BCUT2D eigenvalue weighted by molar-refractivity contribution is 6.04. The van der Waals surface area contributed by atoms with Crippen LogP contribution in [0.5, 0.6) is 5.75 Å².